The quantitative estimate of drug-likeness (QED) is 0.382. The fourth-order valence-electron chi connectivity index (χ4n) is 5.90. The van der Waals surface area contributed by atoms with E-state index in [4.69, 9.17) is 0 Å². The van der Waals surface area contributed by atoms with Crippen LogP contribution < -0.4 is 0 Å². The average molecular weight is 504 g/mol. The van der Waals surface area contributed by atoms with Crippen LogP contribution in [0.1, 0.15) is 25.7 Å². The maximum Gasteiger partial charge on any atom is 0.0868 e. The lowest BCUT2D eigenvalue weighted by atomic mass is 9.48. The molecule has 0 aromatic carbocycles. The first-order valence-corrected chi connectivity index (χ1v) is 10.3. The lowest BCUT2D eigenvalue weighted by Gasteiger charge is -2.57. The Balaban J connectivity index is 1.38. The highest BCUT2D eigenvalue weighted by molar-refractivity contribution is 9.26. The van der Waals surface area contributed by atoms with Crippen LogP contribution in [0.25, 0.3) is 0 Å². The van der Waals surface area contributed by atoms with Crippen molar-refractivity contribution in [3.63, 3.8) is 0 Å². The van der Waals surface area contributed by atoms with Gasteiger partial charge in [0.15, 0.2) is 0 Å². The van der Waals surface area contributed by atoms with E-state index < -0.39 is 0 Å². The summed E-state index contributed by atoms with van der Waals surface area (Å²) in [5, 5.41) is 0. The standard InChI is InChI=1S/C14H16Br4/c15-13(16)9-1-5-6(2-10(9)13)8-4-12-11(3-7(5)8)14(12,17)18/h5-12H,1-4H2. The first kappa shape index (κ1) is 12.5. The van der Waals surface area contributed by atoms with Crippen molar-refractivity contribution in [2.75, 3.05) is 0 Å². The van der Waals surface area contributed by atoms with Gasteiger partial charge in [-0.3, -0.25) is 0 Å². The molecule has 0 radical (unpaired) electrons. The summed E-state index contributed by atoms with van der Waals surface area (Å²) in [7, 11) is 0. The number of alkyl halides is 4. The molecule has 0 heterocycles. The highest BCUT2D eigenvalue weighted by Crippen LogP contribution is 2.79. The third-order valence-electron chi connectivity index (χ3n) is 7.03. The predicted octanol–water partition coefficient (Wildman–Crippen LogP) is 5.52. The number of hydrogen-bond acceptors (Lipinski definition) is 0. The van der Waals surface area contributed by atoms with Crippen LogP contribution in [0.3, 0.4) is 0 Å². The van der Waals surface area contributed by atoms with E-state index in [-0.39, 0.29) is 0 Å². The van der Waals surface area contributed by atoms with Crippen molar-refractivity contribution < 1.29 is 0 Å². The summed E-state index contributed by atoms with van der Waals surface area (Å²) in [5.41, 5.74) is 0. The Hall–Kier alpha value is 1.92. The van der Waals surface area contributed by atoms with Gasteiger partial charge in [0.25, 0.3) is 0 Å². The Bertz CT molecular complexity index is 348. The number of hydrogen-bond donors (Lipinski definition) is 0. The summed E-state index contributed by atoms with van der Waals surface area (Å²) in [5.74, 6) is 7.94. The molecule has 0 aliphatic heterocycles. The molecule has 0 bridgehead atoms. The van der Waals surface area contributed by atoms with Gasteiger partial charge >= 0.3 is 0 Å². The molecule has 0 aromatic rings. The molecule has 5 saturated carbocycles. The zero-order chi connectivity index (χ0) is 12.4. The first-order chi connectivity index (χ1) is 8.42. The Labute approximate surface area is 142 Å². The molecule has 5 fully saturated rings. The van der Waals surface area contributed by atoms with Crippen LogP contribution in [-0.2, 0) is 0 Å². The SMILES string of the molecule is BrC1(Br)C2CC3C(CC21)C1CC2C(CC31)C2(Br)Br. The fraction of sp³-hybridized carbons (Fsp3) is 1.00. The molecule has 0 amide bonds. The van der Waals surface area contributed by atoms with E-state index in [1.54, 1.807) is 0 Å². The molecule has 18 heavy (non-hydrogen) atoms. The van der Waals surface area contributed by atoms with Crippen LogP contribution in [0.5, 0.6) is 0 Å². The van der Waals surface area contributed by atoms with E-state index in [1.807, 2.05) is 0 Å². The van der Waals surface area contributed by atoms with Gasteiger partial charge in [0.2, 0.25) is 0 Å². The number of halogens is 4. The van der Waals surface area contributed by atoms with Gasteiger partial charge in [0.05, 0.1) is 6.47 Å². The molecule has 5 aliphatic carbocycles. The molecule has 0 nitrogen and oxygen atoms in total. The average Bonchev–Trinajstić information content (AvgIpc) is 3.06. The monoisotopic (exact) mass is 500 g/mol. The second-order valence-corrected chi connectivity index (χ2v) is 14.8. The van der Waals surface area contributed by atoms with Gasteiger partial charge in [-0.1, -0.05) is 63.7 Å². The molecule has 4 heteroatoms. The van der Waals surface area contributed by atoms with Gasteiger partial charge in [0.1, 0.15) is 0 Å². The summed E-state index contributed by atoms with van der Waals surface area (Å²) in [4.78, 5) is 0. The van der Waals surface area contributed by atoms with Gasteiger partial charge in [-0.2, -0.15) is 0 Å². The van der Waals surface area contributed by atoms with Crippen molar-refractivity contribution in [2.24, 2.45) is 47.3 Å². The predicted molar refractivity (Wildman–Crippen MR) is 87.6 cm³/mol. The minimum absolute atomic E-state index is 0.331. The number of rotatable bonds is 0. The lowest BCUT2D eigenvalue weighted by molar-refractivity contribution is -0.0837. The van der Waals surface area contributed by atoms with Crippen molar-refractivity contribution in [1.29, 1.82) is 0 Å². The summed E-state index contributed by atoms with van der Waals surface area (Å²) in [6.07, 6.45) is 5.95. The van der Waals surface area contributed by atoms with Crippen LogP contribution in [0.2, 0.25) is 0 Å². The number of fused-ring (bicyclic) bond motifs is 6. The normalized spacial score (nSPS) is 64.7. The van der Waals surface area contributed by atoms with Crippen molar-refractivity contribution in [2.45, 2.75) is 32.2 Å². The molecule has 100 valence electrons. The lowest BCUT2D eigenvalue weighted by Crippen LogP contribution is -2.50. The van der Waals surface area contributed by atoms with Gasteiger partial charge < -0.3 is 0 Å². The molecule has 0 saturated heterocycles. The Morgan fingerprint density at radius 3 is 0.944 bits per heavy atom. The molecule has 4 atom stereocenters. The third kappa shape index (κ3) is 1.34. The third-order valence-corrected chi connectivity index (χ3v) is 11.7. The van der Waals surface area contributed by atoms with Gasteiger partial charge in [-0.15, -0.1) is 0 Å². The van der Waals surface area contributed by atoms with Gasteiger partial charge in [0, 0.05) is 0 Å². The van der Waals surface area contributed by atoms with Crippen molar-refractivity contribution in [1.82, 2.24) is 0 Å². The zero-order valence-corrected chi connectivity index (χ0v) is 16.3. The van der Waals surface area contributed by atoms with Crippen LogP contribution >= 0.6 is 63.7 Å². The summed E-state index contributed by atoms with van der Waals surface area (Å²) in [6.45, 7) is 0. The minimum atomic E-state index is 0.331. The molecule has 4 unspecified atom stereocenters. The second kappa shape index (κ2) is 3.46. The molecular weight excluding hydrogens is 488 g/mol. The van der Waals surface area contributed by atoms with Gasteiger partial charge in [-0.05, 0) is 73.0 Å². The van der Waals surface area contributed by atoms with Crippen molar-refractivity contribution >= 4 is 63.7 Å². The van der Waals surface area contributed by atoms with Crippen molar-refractivity contribution in [3.8, 4) is 0 Å². The van der Waals surface area contributed by atoms with E-state index in [0.717, 1.165) is 47.3 Å². The summed E-state index contributed by atoms with van der Waals surface area (Å²) in [6, 6.07) is 0. The highest BCUT2D eigenvalue weighted by atomic mass is 79.9. The fourth-order valence-corrected chi connectivity index (χ4v) is 9.42. The van der Waals surface area contributed by atoms with E-state index in [9.17, 15) is 0 Å². The maximum atomic E-state index is 3.90. The molecule has 0 N–H and O–H groups in total. The molecule has 0 spiro atoms. The Morgan fingerprint density at radius 1 is 0.500 bits per heavy atom. The summed E-state index contributed by atoms with van der Waals surface area (Å²) < 4.78 is 0.663. The minimum Gasteiger partial charge on any atom is -0.0721 e. The summed E-state index contributed by atoms with van der Waals surface area (Å²) >= 11 is 15.6. The smallest absolute Gasteiger partial charge is 0.0721 e. The van der Waals surface area contributed by atoms with Crippen LogP contribution in [0, 0.1) is 47.3 Å². The van der Waals surface area contributed by atoms with E-state index >= 15 is 0 Å². The molecule has 0 aromatic heterocycles. The van der Waals surface area contributed by atoms with Crippen LogP contribution in [0.15, 0.2) is 0 Å². The molecule has 5 rings (SSSR count). The molecule has 5 aliphatic rings. The van der Waals surface area contributed by atoms with E-state index in [0.29, 0.717) is 6.47 Å². The Morgan fingerprint density at radius 2 is 0.722 bits per heavy atom. The maximum absolute atomic E-state index is 3.90. The van der Waals surface area contributed by atoms with E-state index in [2.05, 4.69) is 63.7 Å². The first-order valence-electron chi connectivity index (χ1n) is 7.18. The highest BCUT2D eigenvalue weighted by Gasteiger charge is 2.74. The topological polar surface area (TPSA) is 0 Å². The van der Waals surface area contributed by atoms with Crippen LogP contribution in [0.4, 0.5) is 0 Å². The van der Waals surface area contributed by atoms with Crippen molar-refractivity contribution in [3.05, 3.63) is 0 Å². The van der Waals surface area contributed by atoms with E-state index in [1.165, 1.54) is 25.7 Å². The largest absolute Gasteiger partial charge is 0.0868 e. The molecular formula is C14H16Br4. The second-order valence-electron chi connectivity index (χ2n) is 7.37. The zero-order valence-electron chi connectivity index (χ0n) is 9.96. The van der Waals surface area contributed by atoms with Gasteiger partial charge in [-0.25, -0.2) is 0 Å². The van der Waals surface area contributed by atoms with Crippen LogP contribution in [-0.4, -0.2) is 6.47 Å². The Kier molecular flexibility index (Phi) is 2.39.